The summed E-state index contributed by atoms with van der Waals surface area (Å²) in [5.41, 5.74) is 2.56. The standard InChI is InChI=1S/C17H22N2OS/c1-13-15(12-18-2)21-16(19-13)17(8-10-20-11-9-17)14-6-4-3-5-7-14/h3-7,18H,8-12H2,1-2H3. The van der Waals surface area contributed by atoms with E-state index in [4.69, 9.17) is 9.72 Å². The summed E-state index contributed by atoms with van der Waals surface area (Å²) in [5.74, 6) is 0. The lowest BCUT2D eigenvalue weighted by molar-refractivity contribution is 0.0630. The first kappa shape index (κ1) is 14.7. The first-order valence-corrected chi connectivity index (χ1v) is 8.32. The third-order valence-electron chi connectivity index (χ3n) is 4.31. The number of aryl methyl sites for hydroxylation is 1. The van der Waals surface area contributed by atoms with Crippen LogP contribution in [0.1, 0.15) is 34.0 Å². The molecular formula is C17H22N2OS. The number of benzene rings is 1. The third kappa shape index (κ3) is 2.76. The Bertz CT molecular complexity index is 588. The second-order valence-corrected chi connectivity index (χ2v) is 6.70. The van der Waals surface area contributed by atoms with Crippen molar-refractivity contribution in [1.82, 2.24) is 10.3 Å². The summed E-state index contributed by atoms with van der Waals surface area (Å²) in [6.07, 6.45) is 2.03. The molecule has 1 saturated heterocycles. The van der Waals surface area contributed by atoms with Gasteiger partial charge in [-0.3, -0.25) is 0 Å². The largest absolute Gasteiger partial charge is 0.381 e. The molecule has 0 atom stereocenters. The maximum Gasteiger partial charge on any atom is 0.104 e. The van der Waals surface area contributed by atoms with Crippen molar-refractivity contribution in [3.8, 4) is 0 Å². The average Bonchev–Trinajstić information content (AvgIpc) is 2.91. The molecule has 1 aromatic carbocycles. The van der Waals surface area contributed by atoms with Crippen molar-refractivity contribution < 1.29 is 4.74 Å². The number of rotatable bonds is 4. The molecule has 0 radical (unpaired) electrons. The predicted molar refractivity (Wildman–Crippen MR) is 86.9 cm³/mol. The Balaban J connectivity index is 2.05. The molecule has 3 rings (SSSR count). The van der Waals surface area contributed by atoms with Crippen molar-refractivity contribution in [3.05, 3.63) is 51.5 Å². The minimum absolute atomic E-state index is 0.0287. The molecule has 0 spiro atoms. The smallest absolute Gasteiger partial charge is 0.104 e. The van der Waals surface area contributed by atoms with E-state index in [1.54, 1.807) is 0 Å². The molecule has 1 fully saturated rings. The van der Waals surface area contributed by atoms with Gasteiger partial charge in [0.15, 0.2) is 0 Å². The summed E-state index contributed by atoms with van der Waals surface area (Å²) in [7, 11) is 1.99. The van der Waals surface area contributed by atoms with Gasteiger partial charge in [0.05, 0.1) is 11.1 Å². The fraction of sp³-hybridized carbons (Fsp3) is 0.471. The van der Waals surface area contributed by atoms with Crippen molar-refractivity contribution in [3.63, 3.8) is 0 Å². The molecule has 1 aliphatic heterocycles. The Morgan fingerprint density at radius 2 is 1.95 bits per heavy atom. The first-order valence-electron chi connectivity index (χ1n) is 7.51. The highest BCUT2D eigenvalue weighted by Gasteiger charge is 2.39. The zero-order valence-electron chi connectivity index (χ0n) is 12.7. The Kier molecular flexibility index (Phi) is 4.38. The van der Waals surface area contributed by atoms with Crippen LogP contribution in [-0.2, 0) is 16.7 Å². The summed E-state index contributed by atoms with van der Waals surface area (Å²) in [6, 6.07) is 10.8. The molecule has 0 bridgehead atoms. The van der Waals surface area contributed by atoms with Crippen molar-refractivity contribution in [2.45, 2.75) is 31.7 Å². The minimum Gasteiger partial charge on any atom is -0.381 e. The lowest BCUT2D eigenvalue weighted by atomic mass is 9.74. The highest BCUT2D eigenvalue weighted by Crippen LogP contribution is 2.43. The van der Waals surface area contributed by atoms with Crippen molar-refractivity contribution in [2.24, 2.45) is 0 Å². The fourth-order valence-electron chi connectivity index (χ4n) is 3.06. The minimum atomic E-state index is 0.0287. The van der Waals surface area contributed by atoms with E-state index in [2.05, 4.69) is 42.6 Å². The number of thiazole rings is 1. The van der Waals surface area contributed by atoms with E-state index in [-0.39, 0.29) is 5.41 Å². The van der Waals surface area contributed by atoms with E-state index in [1.807, 2.05) is 18.4 Å². The van der Waals surface area contributed by atoms with E-state index >= 15 is 0 Å². The second kappa shape index (κ2) is 6.26. The van der Waals surface area contributed by atoms with Crippen LogP contribution in [0.3, 0.4) is 0 Å². The Hall–Kier alpha value is -1.23. The number of hydrogen-bond acceptors (Lipinski definition) is 4. The van der Waals surface area contributed by atoms with Crippen LogP contribution in [-0.4, -0.2) is 25.2 Å². The van der Waals surface area contributed by atoms with Crippen molar-refractivity contribution in [1.29, 1.82) is 0 Å². The van der Waals surface area contributed by atoms with Crippen molar-refractivity contribution in [2.75, 3.05) is 20.3 Å². The van der Waals surface area contributed by atoms with Gasteiger partial charge < -0.3 is 10.1 Å². The van der Waals surface area contributed by atoms with Gasteiger partial charge in [-0.25, -0.2) is 4.98 Å². The van der Waals surface area contributed by atoms with Crippen LogP contribution < -0.4 is 5.32 Å². The predicted octanol–water partition coefficient (Wildman–Crippen LogP) is 3.27. The molecule has 1 N–H and O–H groups in total. The van der Waals surface area contributed by atoms with Crippen LogP contribution in [0.4, 0.5) is 0 Å². The summed E-state index contributed by atoms with van der Waals surface area (Å²) < 4.78 is 5.62. The van der Waals surface area contributed by atoms with Gasteiger partial charge in [0.2, 0.25) is 0 Å². The molecule has 1 aromatic heterocycles. The topological polar surface area (TPSA) is 34.1 Å². The van der Waals surface area contributed by atoms with Crippen molar-refractivity contribution >= 4 is 11.3 Å². The molecule has 0 unspecified atom stereocenters. The Labute approximate surface area is 130 Å². The summed E-state index contributed by atoms with van der Waals surface area (Å²) in [5, 5.41) is 4.49. The number of nitrogens with one attached hydrogen (secondary N) is 1. The molecule has 21 heavy (non-hydrogen) atoms. The van der Waals surface area contributed by atoms with E-state index < -0.39 is 0 Å². The highest BCUT2D eigenvalue weighted by atomic mass is 32.1. The number of aromatic nitrogens is 1. The van der Waals surface area contributed by atoms with E-state index in [1.165, 1.54) is 15.4 Å². The van der Waals surface area contributed by atoms with Gasteiger partial charge in [0.1, 0.15) is 5.01 Å². The lowest BCUT2D eigenvalue weighted by Crippen LogP contribution is -2.34. The van der Waals surface area contributed by atoms with Gasteiger partial charge in [-0.2, -0.15) is 0 Å². The number of hydrogen-bond donors (Lipinski definition) is 1. The normalized spacial score (nSPS) is 17.8. The molecule has 0 amide bonds. The zero-order chi connectivity index (χ0) is 14.7. The number of nitrogens with zero attached hydrogens (tertiary/aromatic N) is 1. The Morgan fingerprint density at radius 1 is 1.24 bits per heavy atom. The molecule has 2 heterocycles. The van der Waals surface area contributed by atoms with Crippen LogP contribution in [0.2, 0.25) is 0 Å². The third-order valence-corrected chi connectivity index (χ3v) is 5.67. The molecule has 0 aliphatic carbocycles. The van der Waals surface area contributed by atoms with Gasteiger partial charge in [-0.05, 0) is 32.4 Å². The maximum absolute atomic E-state index is 5.62. The zero-order valence-corrected chi connectivity index (χ0v) is 13.5. The molecule has 1 aliphatic rings. The quantitative estimate of drug-likeness (QED) is 0.941. The number of ether oxygens (including phenoxy) is 1. The van der Waals surface area contributed by atoms with Crippen LogP contribution in [0, 0.1) is 6.92 Å². The van der Waals surface area contributed by atoms with Gasteiger partial charge >= 0.3 is 0 Å². The molecule has 3 nitrogen and oxygen atoms in total. The molecule has 4 heteroatoms. The molecule has 0 saturated carbocycles. The van der Waals surface area contributed by atoms with Gasteiger partial charge in [-0.1, -0.05) is 30.3 Å². The summed E-state index contributed by atoms with van der Waals surface area (Å²) in [6.45, 7) is 4.64. The van der Waals surface area contributed by atoms with E-state index in [9.17, 15) is 0 Å². The van der Waals surface area contributed by atoms with Gasteiger partial charge in [-0.15, -0.1) is 11.3 Å². The van der Waals surface area contributed by atoms with E-state index in [0.717, 1.165) is 38.3 Å². The highest BCUT2D eigenvalue weighted by molar-refractivity contribution is 7.12. The van der Waals surface area contributed by atoms with Crippen LogP contribution in [0.5, 0.6) is 0 Å². The van der Waals surface area contributed by atoms with Crippen LogP contribution in [0.15, 0.2) is 30.3 Å². The van der Waals surface area contributed by atoms with Crippen LogP contribution in [0.25, 0.3) is 0 Å². The summed E-state index contributed by atoms with van der Waals surface area (Å²) >= 11 is 1.86. The molecular weight excluding hydrogens is 280 g/mol. The van der Waals surface area contributed by atoms with Gasteiger partial charge in [0.25, 0.3) is 0 Å². The average molecular weight is 302 g/mol. The van der Waals surface area contributed by atoms with E-state index in [0.29, 0.717) is 0 Å². The summed E-state index contributed by atoms with van der Waals surface area (Å²) in [4.78, 5) is 6.27. The van der Waals surface area contributed by atoms with Gasteiger partial charge in [0, 0.05) is 24.6 Å². The fourth-order valence-corrected chi connectivity index (χ4v) is 4.40. The second-order valence-electron chi connectivity index (χ2n) is 5.62. The maximum atomic E-state index is 5.62. The first-order chi connectivity index (χ1) is 10.3. The molecule has 112 valence electrons. The molecule has 2 aromatic rings. The SMILES string of the molecule is CNCc1sc(C2(c3ccccc3)CCOCC2)nc1C. The Morgan fingerprint density at radius 3 is 2.62 bits per heavy atom. The monoisotopic (exact) mass is 302 g/mol. The lowest BCUT2D eigenvalue weighted by Gasteiger charge is -2.36. The van der Waals surface area contributed by atoms with Crippen LogP contribution >= 0.6 is 11.3 Å².